The molecule has 0 unspecified atom stereocenters. The number of rotatable bonds is 3. The lowest BCUT2D eigenvalue weighted by Crippen LogP contribution is -2.60. The first-order valence-corrected chi connectivity index (χ1v) is 9.26. The van der Waals surface area contributed by atoms with Crippen LogP contribution in [-0.4, -0.2) is 53.7 Å². The van der Waals surface area contributed by atoms with Crippen molar-refractivity contribution in [3.63, 3.8) is 0 Å². The van der Waals surface area contributed by atoms with E-state index in [2.05, 4.69) is 38.0 Å². The van der Waals surface area contributed by atoms with Crippen LogP contribution >= 0.6 is 0 Å². The van der Waals surface area contributed by atoms with Crippen molar-refractivity contribution < 1.29 is 4.74 Å². The van der Waals surface area contributed by atoms with Crippen LogP contribution < -0.4 is 9.64 Å². The van der Waals surface area contributed by atoms with Gasteiger partial charge in [0.2, 0.25) is 0 Å². The number of hydrogen-bond acceptors (Lipinski definition) is 5. The summed E-state index contributed by atoms with van der Waals surface area (Å²) < 4.78 is 5.47. The second-order valence-corrected chi connectivity index (χ2v) is 7.45. The maximum atomic E-state index is 5.47. The molecule has 0 aliphatic carbocycles. The van der Waals surface area contributed by atoms with Crippen molar-refractivity contribution in [3.8, 4) is 5.75 Å². The van der Waals surface area contributed by atoms with E-state index in [0.717, 1.165) is 24.0 Å². The first-order chi connectivity index (χ1) is 12.3. The number of anilines is 1. The lowest BCUT2D eigenvalue weighted by Gasteiger charge is -2.51. The molecule has 25 heavy (non-hydrogen) atoms. The molecule has 5 heteroatoms. The lowest BCUT2D eigenvalue weighted by atomic mass is 9.75. The molecule has 0 saturated carbocycles. The average Bonchev–Trinajstić information content (AvgIpc) is 3.12. The smallest absolute Gasteiger partial charge is 0.147 e. The SMILES string of the molecule is COc1cccc([C@H]2CN(c3cnccn3)[C@@H]3C4CCN(CC4)[C@H]23)c1. The molecule has 3 atom stereocenters. The van der Waals surface area contributed by atoms with E-state index < -0.39 is 0 Å². The van der Waals surface area contributed by atoms with Crippen molar-refractivity contribution >= 4 is 5.82 Å². The first-order valence-electron chi connectivity index (χ1n) is 9.26. The number of methoxy groups -OCH3 is 1. The minimum atomic E-state index is 0.491. The quantitative estimate of drug-likeness (QED) is 0.862. The molecule has 0 radical (unpaired) electrons. The Bertz CT molecular complexity index is 744. The van der Waals surface area contributed by atoms with E-state index in [4.69, 9.17) is 4.74 Å². The van der Waals surface area contributed by atoms with Crippen LogP contribution in [0.5, 0.6) is 5.75 Å². The Morgan fingerprint density at radius 1 is 1.12 bits per heavy atom. The van der Waals surface area contributed by atoms with Gasteiger partial charge in [0.05, 0.1) is 13.3 Å². The van der Waals surface area contributed by atoms with Crippen molar-refractivity contribution in [2.24, 2.45) is 5.92 Å². The summed E-state index contributed by atoms with van der Waals surface area (Å²) in [4.78, 5) is 14.2. The van der Waals surface area contributed by atoms with Crippen LogP contribution in [0.1, 0.15) is 24.3 Å². The van der Waals surface area contributed by atoms with Crippen molar-refractivity contribution in [1.82, 2.24) is 14.9 Å². The number of nitrogens with zero attached hydrogens (tertiary/aromatic N) is 4. The molecule has 2 aromatic rings. The van der Waals surface area contributed by atoms with Gasteiger partial charge in [-0.1, -0.05) is 12.1 Å². The number of benzene rings is 1. The van der Waals surface area contributed by atoms with E-state index >= 15 is 0 Å². The predicted octanol–water partition coefficient (Wildman–Crippen LogP) is 2.55. The highest BCUT2D eigenvalue weighted by Gasteiger charge is 2.53. The lowest BCUT2D eigenvalue weighted by molar-refractivity contribution is 0.0354. The molecule has 130 valence electrons. The number of fused-ring (bicyclic) bond motifs is 2. The summed E-state index contributed by atoms with van der Waals surface area (Å²) in [5, 5.41) is 0. The van der Waals surface area contributed by atoms with Crippen LogP contribution in [-0.2, 0) is 0 Å². The molecule has 4 aliphatic heterocycles. The molecule has 2 bridgehead atoms. The molecule has 5 heterocycles. The van der Waals surface area contributed by atoms with Gasteiger partial charge in [0.1, 0.15) is 11.6 Å². The predicted molar refractivity (Wildman–Crippen MR) is 97.0 cm³/mol. The summed E-state index contributed by atoms with van der Waals surface area (Å²) in [6, 6.07) is 9.74. The van der Waals surface area contributed by atoms with Crippen molar-refractivity contribution in [2.75, 3.05) is 31.6 Å². The van der Waals surface area contributed by atoms with Crippen molar-refractivity contribution in [3.05, 3.63) is 48.4 Å². The Labute approximate surface area is 148 Å². The van der Waals surface area contributed by atoms with Gasteiger partial charge in [-0.2, -0.15) is 0 Å². The fraction of sp³-hybridized carbons (Fsp3) is 0.500. The molecule has 0 N–H and O–H groups in total. The Balaban J connectivity index is 1.56. The van der Waals surface area contributed by atoms with Gasteiger partial charge in [-0.3, -0.25) is 9.88 Å². The van der Waals surface area contributed by atoms with Crippen LogP contribution in [0.2, 0.25) is 0 Å². The zero-order chi connectivity index (χ0) is 16.8. The van der Waals surface area contributed by atoms with Crippen LogP contribution in [0.15, 0.2) is 42.9 Å². The third kappa shape index (κ3) is 2.41. The fourth-order valence-corrected chi connectivity index (χ4v) is 5.29. The maximum absolute atomic E-state index is 5.47. The van der Waals surface area contributed by atoms with E-state index in [1.165, 1.54) is 31.5 Å². The van der Waals surface area contributed by atoms with Crippen molar-refractivity contribution in [2.45, 2.75) is 30.8 Å². The summed E-state index contributed by atoms with van der Waals surface area (Å²) in [5.74, 6) is 3.23. The molecule has 6 rings (SSSR count). The minimum Gasteiger partial charge on any atom is -0.497 e. The molecular weight excluding hydrogens is 312 g/mol. The highest BCUT2D eigenvalue weighted by Crippen LogP contribution is 2.47. The van der Waals surface area contributed by atoms with Gasteiger partial charge >= 0.3 is 0 Å². The van der Waals surface area contributed by atoms with Gasteiger partial charge in [0, 0.05) is 36.9 Å². The zero-order valence-corrected chi connectivity index (χ0v) is 14.6. The van der Waals surface area contributed by atoms with Crippen LogP contribution in [0, 0.1) is 5.92 Å². The Hall–Kier alpha value is -2.14. The molecule has 1 aromatic carbocycles. The molecule has 1 aromatic heterocycles. The number of aromatic nitrogens is 2. The van der Waals surface area contributed by atoms with Gasteiger partial charge in [0.15, 0.2) is 0 Å². The molecule has 4 aliphatic rings. The topological polar surface area (TPSA) is 41.5 Å². The van der Waals surface area contributed by atoms with Gasteiger partial charge in [-0.25, -0.2) is 4.98 Å². The summed E-state index contributed by atoms with van der Waals surface area (Å²) in [7, 11) is 1.74. The highest BCUT2D eigenvalue weighted by molar-refractivity contribution is 5.46. The number of piperidine rings is 3. The number of ether oxygens (including phenoxy) is 1. The second-order valence-electron chi connectivity index (χ2n) is 7.45. The second kappa shape index (κ2) is 5.99. The molecular formula is C20H24N4O. The third-order valence-corrected chi connectivity index (χ3v) is 6.36. The van der Waals surface area contributed by atoms with E-state index in [1.807, 2.05) is 18.5 Å². The molecule has 4 fully saturated rings. The molecule has 5 nitrogen and oxygen atoms in total. The third-order valence-electron chi connectivity index (χ3n) is 6.36. The van der Waals surface area contributed by atoms with E-state index in [1.54, 1.807) is 13.3 Å². The maximum Gasteiger partial charge on any atom is 0.147 e. The van der Waals surface area contributed by atoms with Gasteiger partial charge in [0.25, 0.3) is 0 Å². The number of hydrogen-bond donors (Lipinski definition) is 0. The summed E-state index contributed by atoms with van der Waals surface area (Å²) in [6.07, 6.45) is 8.10. The Kier molecular flexibility index (Phi) is 3.63. The van der Waals surface area contributed by atoms with E-state index in [-0.39, 0.29) is 0 Å². The Morgan fingerprint density at radius 2 is 2.00 bits per heavy atom. The Morgan fingerprint density at radius 3 is 2.76 bits per heavy atom. The van der Waals surface area contributed by atoms with Crippen molar-refractivity contribution in [1.29, 1.82) is 0 Å². The molecule has 0 amide bonds. The molecule has 4 saturated heterocycles. The summed E-state index contributed by atoms with van der Waals surface area (Å²) >= 11 is 0. The largest absolute Gasteiger partial charge is 0.497 e. The van der Waals surface area contributed by atoms with Crippen LogP contribution in [0.4, 0.5) is 5.82 Å². The van der Waals surface area contributed by atoms with Gasteiger partial charge in [-0.05, 0) is 49.5 Å². The van der Waals surface area contributed by atoms with Gasteiger partial charge < -0.3 is 9.64 Å². The normalized spacial score (nSPS) is 33.3. The monoisotopic (exact) mass is 336 g/mol. The van der Waals surface area contributed by atoms with Crippen LogP contribution in [0.25, 0.3) is 0 Å². The van der Waals surface area contributed by atoms with E-state index in [0.29, 0.717) is 18.0 Å². The minimum absolute atomic E-state index is 0.491. The van der Waals surface area contributed by atoms with Crippen LogP contribution in [0.3, 0.4) is 0 Å². The zero-order valence-electron chi connectivity index (χ0n) is 14.6. The highest BCUT2D eigenvalue weighted by atomic mass is 16.5. The first kappa shape index (κ1) is 15.1. The van der Waals surface area contributed by atoms with Gasteiger partial charge in [-0.15, -0.1) is 0 Å². The molecule has 0 spiro atoms. The van der Waals surface area contributed by atoms with E-state index in [9.17, 15) is 0 Å². The fourth-order valence-electron chi connectivity index (χ4n) is 5.29. The average molecular weight is 336 g/mol. The summed E-state index contributed by atoms with van der Waals surface area (Å²) in [5.41, 5.74) is 1.38. The standard InChI is InChI=1S/C20H24N4O/c1-25-16-4-2-3-15(11-16)17-13-24(18-12-21-7-8-22-18)19-14-5-9-23(10-6-14)20(17)19/h2-4,7-8,11-12,14,17,19-20H,5-6,9-10,13H2,1H3/t17-,19-,20-/m1/s1. The summed E-state index contributed by atoms with van der Waals surface area (Å²) in [6.45, 7) is 3.48.